The maximum absolute atomic E-state index is 12.9. The van der Waals surface area contributed by atoms with Crippen LogP contribution in [0.3, 0.4) is 0 Å². The third-order valence-corrected chi connectivity index (χ3v) is 5.24. The second kappa shape index (κ2) is 10.2. The summed E-state index contributed by atoms with van der Waals surface area (Å²) in [7, 11) is 0. The normalized spacial score (nSPS) is 18.0. The molecule has 1 aromatic carbocycles. The highest BCUT2D eigenvalue weighted by Gasteiger charge is 2.26. The monoisotopic (exact) mass is 393 g/mol. The van der Waals surface area contributed by atoms with Crippen molar-refractivity contribution in [3.8, 4) is 0 Å². The first-order valence-electron chi connectivity index (χ1n) is 10.2. The number of allylic oxidation sites excluding steroid dienone is 9. The molecule has 0 spiro atoms. The van der Waals surface area contributed by atoms with Gasteiger partial charge in [-0.1, -0.05) is 55.4 Å². The van der Waals surface area contributed by atoms with E-state index in [1.807, 2.05) is 25.2 Å². The number of benzene rings is 1. The molecule has 0 radical (unpaired) electrons. The van der Waals surface area contributed by atoms with Crippen molar-refractivity contribution < 1.29 is 9.18 Å². The number of halogens is 1. The highest BCUT2D eigenvalue weighted by molar-refractivity contribution is 5.99. The first-order chi connectivity index (χ1) is 13.7. The van der Waals surface area contributed by atoms with Crippen molar-refractivity contribution in [2.45, 2.75) is 53.9 Å². The molecule has 1 aliphatic rings. The summed E-state index contributed by atoms with van der Waals surface area (Å²) in [5.41, 5.74) is 5.75. The molecule has 1 aliphatic carbocycles. The van der Waals surface area contributed by atoms with E-state index in [1.54, 1.807) is 0 Å². The van der Waals surface area contributed by atoms with Crippen LogP contribution in [-0.2, 0) is 4.79 Å². The lowest BCUT2D eigenvalue weighted by atomic mass is 9.72. The molecule has 1 amide bonds. The van der Waals surface area contributed by atoms with Gasteiger partial charge >= 0.3 is 0 Å². The smallest absolute Gasteiger partial charge is 0.248 e. The summed E-state index contributed by atoms with van der Waals surface area (Å²) in [6.07, 6.45) is 15.5. The number of carbonyl (C=O) groups excluding carboxylic acids is 1. The van der Waals surface area contributed by atoms with Gasteiger partial charge in [0.1, 0.15) is 5.82 Å². The van der Waals surface area contributed by atoms with E-state index < -0.39 is 0 Å². The van der Waals surface area contributed by atoms with Crippen LogP contribution in [-0.4, -0.2) is 5.91 Å². The van der Waals surface area contributed by atoms with Gasteiger partial charge in [-0.3, -0.25) is 4.79 Å². The minimum atomic E-state index is -0.327. The van der Waals surface area contributed by atoms with E-state index in [0.717, 1.165) is 11.1 Å². The number of carbonyl (C=O) groups is 1. The topological polar surface area (TPSA) is 29.1 Å². The van der Waals surface area contributed by atoms with Gasteiger partial charge in [-0.25, -0.2) is 4.39 Å². The van der Waals surface area contributed by atoms with E-state index in [-0.39, 0.29) is 17.1 Å². The van der Waals surface area contributed by atoms with Crippen LogP contribution in [0, 0.1) is 11.2 Å². The van der Waals surface area contributed by atoms with Gasteiger partial charge in [-0.05, 0) is 80.9 Å². The van der Waals surface area contributed by atoms with Crippen molar-refractivity contribution in [3.63, 3.8) is 0 Å². The van der Waals surface area contributed by atoms with Gasteiger partial charge in [0.15, 0.2) is 0 Å². The molecule has 1 N–H and O–H groups in total. The van der Waals surface area contributed by atoms with Gasteiger partial charge < -0.3 is 5.32 Å². The Labute approximate surface area is 174 Å². The fraction of sp³-hybridized carbons (Fsp3) is 0.346. The molecule has 0 fully saturated rings. The van der Waals surface area contributed by atoms with Crippen LogP contribution in [0.2, 0.25) is 0 Å². The predicted octanol–water partition coefficient (Wildman–Crippen LogP) is 7.30. The summed E-state index contributed by atoms with van der Waals surface area (Å²) in [6, 6.07) is 5.71. The van der Waals surface area contributed by atoms with Crippen LogP contribution < -0.4 is 5.32 Å². The van der Waals surface area contributed by atoms with Crippen LogP contribution >= 0.6 is 0 Å². The minimum absolute atomic E-state index is 0.235. The van der Waals surface area contributed by atoms with Crippen molar-refractivity contribution >= 4 is 11.6 Å². The molecule has 0 heterocycles. The first kappa shape index (κ1) is 22.6. The second-order valence-corrected chi connectivity index (χ2v) is 8.42. The third kappa shape index (κ3) is 7.34. The third-order valence-electron chi connectivity index (χ3n) is 5.24. The van der Waals surface area contributed by atoms with Crippen molar-refractivity contribution in [1.29, 1.82) is 0 Å². The van der Waals surface area contributed by atoms with E-state index in [2.05, 4.69) is 45.2 Å². The van der Waals surface area contributed by atoms with Crippen molar-refractivity contribution in [1.82, 2.24) is 0 Å². The number of nitrogens with one attached hydrogen (secondary N) is 1. The molecule has 0 saturated heterocycles. The van der Waals surface area contributed by atoms with Crippen LogP contribution in [0.15, 0.2) is 83.0 Å². The van der Waals surface area contributed by atoms with Gasteiger partial charge in [0.2, 0.25) is 5.91 Å². The quantitative estimate of drug-likeness (QED) is 0.399. The second-order valence-electron chi connectivity index (χ2n) is 8.42. The molecule has 0 atom stereocenters. The summed E-state index contributed by atoms with van der Waals surface area (Å²) in [5, 5.41) is 2.72. The lowest BCUT2D eigenvalue weighted by Crippen LogP contribution is -2.19. The zero-order valence-electron chi connectivity index (χ0n) is 18.2. The van der Waals surface area contributed by atoms with Crippen molar-refractivity contribution in [3.05, 3.63) is 88.8 Å². The molecular weight excluding hydrogens is 361 g/mol. The molecule has 0 unspecified atom stereocenters. The summed E-state index contributed by atoms with van der Waals surface area (Å²) in [6.45, 7) is 10.8. The number of hydrogen-bond donors (Lipinski definition) is 1. The Kier molecular flexibility index (Phi) is 7.95. The Morgan fingerprint density at radius 1 is 1.10 bits per heavy atom. The standard InChI is InChI=1S/C26H32FNO/c1-19(11-16-24-21(3)10-7-17-26(24,4)5)8-6-9-20(2)18-25(29)28-23-14-12-22(27)13-15-23/h6,8-9,11-16,18H,7,10,17H2,1-5H3,(H,28,29)/b9-6+,16-11+,19-8+,20-18+. The molecule has 154 valence electrons. The van der Waals surface area contributed by atoms with E-state index in [4.69, 9.17) is 0 Å². The van der Waals surface area contributed by atoms with E-state index in [0.29, 0.717) is 5.69 Å². The zero-order valence-corrected chi connectivity index (χ0v) is 18.2. The highest BCUT2D eigenvalue weighted by atomic mass is 19.1. The predicted molar refractivity (Wildman–Crippen MR) is 121 cm³/mol. The average Bonchev–Trinajstić information content (AvgIpc) is 2.62. The van der Waals surface area contributed by atoms with E-state index in [9.17, 15) is 9.18 Å². The summed E-state index contributed by atoms with van der Waals surface area (Å²) in [4.78, 5) is 12.0. The van der Waals surface area contributed by atoms with Gasteiger partial charge in [0, 0.05) is 11.8 Å². The van der Waals surface area contributed by atoms with Gasteiger partial charge in [0.05, 0.1) is 0 Å². The molecule has 2 rings (SSSR count). The largest absolute Gasteiger partial charge is 0.323 e. The highest BCUT2D eigenvalue weighted by Crippen LogP contribution is 2.40. The van der Waals surface area contributed by atoms with Crippen LogP contribution in [0.25, 0.3) is 0 Å². The number of rotatable bonds is 6. The minimum Gasteiger partial charge on any atom is -0.323 e. The number of amides is 1. The molecule has 0 bridgehead atoms. The molecule has 0 aromatic heterocycles. The van der Waals surface area contributed by atoms with E-state index in [1.165, 1.54) is 60.8 Å². The van der Waals surface area contributed by atoms with Crippen molar-refractivity contribution in [2.75, 3.05) is 5.32 Å². The fourth-order valence-electron chi connectivity index (χ4n) is 3.60. The molecule has 2 nitrogen and oxygen atoms in total. The molecule has 1 aromatic rings. The van der Waals surface area contributed by atoms with Crippen LogP contribution in [0.5, 0.6) is 0 Å². The number of hydrogen-bond acceptors (Lipinski definition) is 1. The van der Waals surface area contributed by atoms with Gasteiger partial charge in [0.25, 0.3) is 0 Å². The van der Waals surface area contributed by atoms with Crippen LogP contribution in [0.4, 0.5) is 10.1 Å². The molecule has 0 aliphatic heterocycles. The number of anilines is 1. The fourth-order valence-corrected chi connectivity index (χ4v) is 3.60. The lowest BCUT2D eigenvalue weighted by molar-refractivity contribution is -0.111. The Morgan fingerprint density at radius 3 is 2.45 bits per heavy atom. The summed E-state index contributed by atoms with van der Waals surface area (Å²) < 4.78 is 12.9. The Bertz CT molecular complexity index is 880. The Hall–Kier alpha value is -2.68. The van der Waals surface area contributed by atoms with Gasteiger partial charge in [-0.2, -0.15) is 0 Å². The van der Waals surface area contributed by atoms with Gasteiger partial charge in [-0.15, -0.1) is 0 Å². The maximum Gasteiger partial charge on any atom is 0.248 e. The average molecular weight is 394 g/mol. The Morgan fingerprint density at radius 2 is 1.79 bits per heavy atom. The summed E-state index contributed by atoms with van der Waals surface area (Å²) in [5.74, 6) is -0.561. The maximum atomic E-state index is 12.9. The molecular formula is C26H32FNO. The first-order valence-corrected chi connectivity index (χ1v) is 10.2. The Balaban J connectivity index is 1.95. The molecule has 29 heavy (non-hydrogen) atoms. The van der Waals surface area contributed by atoms with Crippen LogP contribution in [0.1, 0.15) is 53.9 Å². The molecule has 3 heteroatoms. The zero-order chi connectivity index (χ0) is 21.4. The SMILES string of the molecule is CC1=C(/C=C/C(C)=C/C=C/C(C)=C/C(=O)Nc2ccc(F)cc2)C(C)(C)CCC1. The van der Waals surface area contributed by atoms with E-state index >= 15 is 0 Å². The lowest BCUT2D eigenvalue weighted by Gasteiger charge is -2.32. The summed E-state index contributed by atoms with van der Waals surface area (Å²) >= 11 is 0. The van der Waals surface area contributed by atoms with Crippen molar-refractivity contribution in [2.24, 2.45) is 5.41 Å². The molecule has 0 saturated carbocycles.